The summed E-state index contributed by atoms with van der Waals surface area (Å²) in [6.07, 6.45) is 0. The average Bonchev–Trinajstić information content (AvgIpc) is 0.811. The van der Waals surface area contributed by atoms with Gasteiger partial charge in [-0.25, -0.2) is 0 Å². The Hall–Kier alpha value is 0.392. The molecule has 0 aromatic carbocycles. The van der Waals surface area contributed by atoms with Crippen molar-refractivity contribution < 1.29 is 37.2 Å². The molecule has 0 aliphatic rings. The van der Waals surface area contributed by atoms with Gasteiger partial charge in [-0.15, -0.1) is 0 Å². The molecule has 0 radical (unpaired) electrons. The van der Waals surface area contributed by atoms with Crippen molar-refractivity contribution >= 4 is 5.97 Å². The molecule has 0 fully saturated rings. The van der Waals surface area contributed by atoms with Gasteiger partial charge in [-0.1, -0.05) is 0 Å². The van der Waals surface area contributed by atoms with Crippen molar-refractivity contribution in [2.75, 3.05) is 0 Å². The summed E-state index contributed by atoms with van der Waals surface area (Å²) < 4.78 is 0. The van der Waals surface area contributed by atoms with Crippen LogP contribution in [0.1, 0.15) is 6.92 Å². The normalized spacial score (nSPS) is 5.00. The van der Waals surface area contributed by atoms with Crippen LogP contribution >= 0.6 is 0 Å². The summed E-state index contributed by atoms with van der Waals surface area (Å²) >= 11 is 0. The third-order valence-electron chi connectivity index (χ3n) is 0. The first-order chi connectivity index (χ1) is 1.73. The molecular formula is C2H4CdO2. The van der Waals surface area contributed by atoms with Gasteiger partial charge in [0.15, 0.2) is 0 Å². The minimum atomic E-state index is -0.833. The predicted molar refractivity (Wildman–Crippen MR) is 13.3 cm³/mol. The van der Waals surface area contributed by atoms with Crippen molar-refractivity contribution in [1.82, 2.24) is 0 Å². The van der Waals surface area contributed by atoms with Crippen LogP contribution in [-0.4, -0.2) is 11.1 Å². The predicted octanol–water partition coefficient (Wildman–Crippen LogP) is 0.0884. The van der Waals surface area contributed by atoms with Gasteiger partial charge in [0.25, 0.3) is 5.97 Å². The van der Waals surface area contributed by atoms with E-state index >= 15 is 0 Å². The molecule has 0 amide bonds. The van der Waals surface area contributed by atoms with Gasteiger partial charge >= 0.3 is 0 Å². The summed E-state index contributed by atoms with van der Waals surface area (Å²) in [5.74, 6) is -0.833. The fourth-order valence-corrected chi connectivity index (χ4v) is 0. The maximum Gasteiger partial charge on any atom is 0.300 e. The van der Waals surface area contributed by atoms with Gasteiger partial charge in [-0.3, -0.25) is 4.79 Å². The quantitative estimate of drug-likeness (QED) is 0.526. The number of hydrogen-bond acceptors (Lipinski definition) is 1. The molecule has 0 atom stereocenters. The Bertz CT molecular complexity index is 30.6. The van der Waals surface area contributed by atoms with Gasteiger partial charge < -0.3 is 5.11 Å². The third kappa shape index (κ3) is 163. The van der Waals surface area contributed by atoms with E-state index in [0.29, 0.717) is 0 Å². The van der Waals surface area contributed by atoms with Gasteiger partial charge in [0.1, 0.15) is 0 Å². The van der Waals surface area contributed by atoms with Crippen LogP contribution in [0.15, 0.2) is 0 Å². The van der Waals surface area contributed by atoms with E-state index in [2.05, 4.69) is 0 Å². The molecule has 0 aromatic heterocycles. The molecule has 0 aromatic rings. The van der Waals surface area contributed by atoms with Gasteiger partial charge in [-0.05, 0) is 0 Å². The molecule has 0 unspecified atom stereocenters. The Balaban J connectivity index is 0. The fourth-order valence-electron chi connectivity index (χ4n) is 0. The summed E-state index contributed by atoms with van der Waals surface area (Å²) in [7, 11) is 0. The van der Waals surface area contributed by atoms with Crippen LogP contribution < -0.4 is 0 Å². The Morgan fingerprint density at radius 1 is 1.80 bits per heavy atom. The Kier molecular flexibility index (Phi) is 7.94. The molecule has 1 N–H and O–H groups in total. The van der Waals surface area contributed by atoms with Crippen molar-refractivity contribution in [2.24, 2.45) is 0 Å². The van der Waals surface area contributed by atoms with E-state index in [0.717, 1.165) is 6.92 Å². The van der Waals surface area contributed by atoms with E-state index in [1.807, 2.05) is 0 Å². The maximum atomic E-state index is 9.00. The molecule has 26 valence electrons. The molecule has 0 bridgehead atoms. The van der Waals surface area contributed by atoms with E-state index in [9.17, 15) is 0 Å². The van der Waals surface area contributed by atoms with E-state index in [-0.39, 0.29) is 27.3 Å². The standard InChI is InChI=1S/C2H4O2.Cd/c1-2(3)4;/h1H3,(H,3,4);. The van der Waals surface area contributed by atoms with Crippen molar-refractivity contribution in [2.45, 2.75) is 6.92 Å². The summed E-state index contributed by atoms with van der Waals surface area (Å²) in [5, 5.41) is 7.42. The molecule has 0 saturated heterocycles. The van der Waals surface area contributed by atoms with Gasteiger partial charge in [0.2, 0.25) is 0 Å². The smallest absolute Gasteiger partial charge is 0.300 e. The number of aliphatic carboxylic acids is 1. The first-order valence-electron chi connectivity index (χ1n) is 0.928. The molecule has 2 nitrogen and oxygen atoms in total. The second-order valence-electron chi connectivity index (χ2n) is 0.519. The molecule has 0 aliphatic carbocycles. The maximum absolute atomic E-state index is 9.00. The molecule has 0 spiro atoms. The number of carbonyl (C=O) groups is 1. The van der Waals surface area contributed by atoms with Gasteiger partial charge in [0, 0.05) is 34.2 Å². The van der Waals surface area contributed by atoms with E-state index in [1.165, 1.54) is 0 Å². The minimum Gasteiger partial charge on any atom is -0.481 e. The molecule has 0 rings (SSSR count). The van der Waals surface area contributed by atoms with Gasteiger partial charge in [0.05, 0.1) is 0 Å². The van der Waals surface area contributed by atoms with Crippen LogP contribution in [0.5, 0.6) is 0 Å². The van der Waals surface area contributed by atoms with Crippen LogP contribution in [0.3, 0.4) is 0 Å². The number of carboxylic acids is 1. The molecule has 0 saturated carbocycles. The van der Waals surface area contributed by atoms with Crippen molar-refractivity contribution in [3.8, 4) is 0 Å². The largest absolute Gasteiger partial charge is 0.481 e. The van der Waals surface area contributed by atoms with Crippen LogP contribution in [0, 0.1) is 0 Å². The Labute approximate surface area is 50.3 Å². The number of carboxylic acid groups (broad SMARTS) is 1. The third-order valence-corrected chi connectivity index (χ3v) is 0. The minimum absolute atomic E-state index is 0. The number of rotatable bonds is 0. The Morgan fingerprint density at radius 3 is 1.80 bits per heavy atom. The zero-order valence-electron chi connectivity index (χ0n) is 3.06. The molecular weight excluding hydrogens is 168 g/mol. The monoisotopic (exact) mass is 174 g/mol. The molecule has 5 heavy (non-hydrogen) atoms. The van der Waals surface area contributed by atoms with Crippen molar-refractivity contribution in [3.63, 3.8) is 0 Å². The first-order valence-corrected chi connectivity index (χ1v) is 0.928. The van der Waals surface area contributed by atoms with E-state index in [1.54, 1.807) is 0 Å². The average molecular weight is 172 g/mol. The summed E-state index contributed by atoms with van der Waals surface area (Å²) in [6.45, 7) is 1.08. The van der Waals surface area contributed by atoms with Crippen LogP contribution in [0.2, 0.25) is 0 Å². The van der Waals surface area contributed by atoms with E-state index in [4.69, 9.17) is 9.90 Å². The second kappa shape index (κ2) is 4.39. The van der Waals surface area contributed by atoms with Crippen molar-refractivity contribution in [3.05, 3.63) is 0 Å². The number of hydrogen-bond donors (Lipinski definition) is 1. The molecule has 3 heteroatoms. The fraction of sp³-hybridized carbons (Fsp3) is 0.500. The summed E-state index contributed by atoms with van der Waals surface area (Å²) in [4.78, 5) is 9.00. The first kappa shape index (κ1) is 9.04. The summed E-state index contributed by atoms with van der Waals surface area (Å²) in [6, 6.07) is 0. The second-order valence-corrected chi connectivity index (χ2v) is 0.519. The van der Waals surface area contributed by atoms with Gasteiger partial charge in [-0.2, -0.15) is 0 Å². The molecule has 0 aliphatic heterocycles. The van der Waals surface area contributed by atoms with Crippen LogP contribution in [0.25, 0.3) is 0 Å². The van der Waals surface area contributed by atoms with Crippen molar-refractivity contribution in [1.29, 1.82) is 0 Å². The Morgan fingerprint density at radius 2 is 1.80 bits per heavy atom. The topological polar surface area (TPSA) is 37.3 Å². The summed E-state index contributed by atoms with van der Waals surface area (Å²) in [5.41, 5.74) is 0. The SMILES string of the molecule is CC(=O)O.[Cd]. The van der Waals surface area contributed by atoms with E-state index < -0.39 is 5.97 Å². The zero-order valence-corrected chi connectivity index (χ0v) is 7.10. The van der Waals surface area contributed by atoms with Crippen LogP contribution in [-0.2, 0) is 32.1 Å². The molecule has 0 heterocycles. The zero-order chi connectivity index (χ0) is 3.58. The van der Waals surface area contributed by atoms with Crippen LogP contribution in [0.4, 0.5) is 0 Å².